The number of hydrogen-bond acceptors (Lipinski definition) is 4. The summed E-state index contributed by atoms with van der Waals surface area (Å²) in [7, 11) is -3.50. The molecule has 3 rings (SSSR count). The summed E-state index contributed by atoms with van der Waals surface area (Å²) < 4.78 is 25.1. The molecule has 1 heterocycles. The largest absolute Gasteiger partial charge is 0.334 e. The van der Waals surface area contributed by atoms with Gasteiger partial charge in [-0.05, 0) is 53.6 Å². The van der Waals surface area contributed by atoms with Crippen molar-refractivity contribution in [3.05, 3.63) is 89.2 Å². The number of nitrogens with zero attached hydrogens (tertiary/aromatic N) is 1. The number of sulfone groups is 1. The van der Waals surface area contributed by atoms with Crippen LogP contribution in [0.3, 0.4) is 0 Å². The minimum absolute atomic E-state index is 0.122. The van der Waals surface area contributed by atoms with Crippen molar-refractivity contribution in [1.82, 2.24) is 10.3 Å². The number of amides is 2. The van der Waals surface area contributed by atoms with E-state index in [0.717, 1.165) is 5.56 Å². The maximum absolute atomic E-state index is 12.5. The molecule has 144 valence electrons. The number of carbonyl (C=O) groups is 1. The van der Waals surface area contributed by atoms with Gasteiger partial charge in [0.2, 0.25) is 0 Å². The van der Waals surface area contributed by atoms with Gasteiger partial charge in [0.05, 0.1) is 10.6 Å². The molecule has 0 saturated carbocycles. The minimum Gasteiger partial charge on any atom is -0.334 e. The van der Waals surface area contributed by atoms with E-state index < -0.39 is 9.84 Å². The molecule has 0 aliphatic heterocycles. The summed E-state index contributed by atoms with van der Waals surface area (Å²) in [6.07, 6.45) is 3.33. The van der Waals surface area contributed by atoms with Crippen molar-refractivity contribution in [2.24, 2.45) is 0 Å². The fraction of sp³-hybridized carbons (Fsp3) is 0.100. The van der Waals surface area contributed by atoms with Gasteiger partial charge in [-0.25, -0.2) is 13.2 Å². The first-order valence-electron chi connectivity index (χ1n) is 8.43. The molecule has 2 N–H and O–H groups in total. The number of halogens is 1. The lowest BCUT2D eigenvalue weighted by Crippen LogP contribution is -2.28. The SMILES string of the molecule is O=C(NCc1cccnc1)Nc1ccc(S(=O)(=O)Cc2ccc(Cl)cc2)cc1. The summed E-state index contributed by atoms with van der Waals surface area (Å²) in [6, 6.07) is 16.0. The van der Waals surface area contributed by atoms with Crippen molar-refractivity contribution in [3.63, 3.8) is 0 Å². The lowest BCUT2D eigenvalue weighted by atomic mass is 10.2. The summed E-state index contributed by atoms with van der Waals surface area (Å²) in [5, 5.41) is 5.93. The Hall–Kier alpha value is -2.90. The van der Waals surface area contributed by atoms with Crippen LogP contribution in [0.15, 0.2) is 78.0 Å². The Labute approximate surface area is 168 Å². The summed E-state index contributed by atoms with van der Waals surface area (Å²) in [5.41, 5.74) is 2.02. The molecule has 6 nitrogen and oxygen atoms in total. The lowest BCUT2D eigenvalue weighted by molar-refractivity contribution is 0.251. The maximum atomic E-state index is 12.5. The van der Waals surface area contributed by atoms with Crippen molar-refractivity contribution in [2.75, 3.05) is 5.32 Å². The molecule has 0 fully saturated rings. The van der Waals surface area contributed by atoms with Crippen molar-refractivity contribution in [1.29, 1.82) is 0 Å². The van der Waals surface area contributed by atoms with Crippen LogP contribution < -0.4 is 10.6 Å². The van der Waals surface area contributed by atoms with Crippen LogP contribution >= 0.6 is 11.6 Å². The first-order valence-corrected chi connectivity index (χ1v) is 10.5. The Bertz CT molecular complexity index is 1040. The molecule has 0 saturated heterocycles. The maximum Gasteiger partial charge on any atom is 0.319 e. The third-order valence-electron chi connectivity index (χ3n) is 3.92. The van der Waals surface area contributed by atoms with E-state index in [-0.39, 0.29) is 16.7 Å². The quantitative estimate of drug-likeness (QED) is 0.636. The molecular weight excluding hydrogens is 398 g/mol. The summed E-state index contributed by atoms with van der Waals surface area (Å²) in [6.45, 7) is 0.341. The summed E-state index contributed by atoms with van der Waals surface area (Å²) >= 11 is 5.82. The summed E-state index contributed by atoms with van der Waals surface area (Å²) in [4.78, 5) is 16.1. The van der Waals surface area contributed by atoms with Crippen LogP contribution in [-0.2, 0) is 22.1 Å². The second kappa shape index (κ2) is 8.86. The van der Waals surface area contributed by atoms with E-state index in [9.17, 15) is 13.2 Å². The molecule has 0 unspecified atom stereocenters. The van der Waals surface area contributed by atoms with Crippen LogP contribution in [-0.4, -0.2) is 19.4 Å². The highest BCUT2D eigenvalue weighted by atomic mass is 35.5. The normalized spacial score (nSPS) is 11.0. The molecule has 0 spiro atoms. The molecule has 2 aromatic carbocycles. The van der Waals surface area contributed by atoms with Crippen molar-refractivity contribution in [2.45, 2.75) is 17.2 Å². The molecule has 0 radical (unpaired) electrons. The van der Waals surface area contributed by atoms with Crippen molar-refractivity contribution >= 4 is 33.2 Å². The Balaban J connectivity index is 1.59. The highest BCUT2D eigenvalue weighted by molar-refractivity contribution is 7.90. The first-order chi connectivity index (χ1) is 13.4. The van der Waals surface area contributed by atoms with Crippen LogP contribution in [0.1, 0.15) is 11.1 Å². The monoisotopic (exact) mass is 415 g/mol. The van der Waals surface area contributed by atoms with Crippen LogP contribution in [0, 0.1) is 0 Å². The predicted molar refractivity (Wildman–Crippen MR) is 109 cm³/mol. The smallest absolute Gasteiger partial charge is 0.319 e. The van der Waals surface area contributed by atoms with E-state index in [1.807, 2.05) is 6.07 Å². The molecule has 0 aliphatic rings. The van der Waals surface area contributed by atoms with Gasteiger partial charge in [-0.1, -0.05) is 29.8 Å². The van der Waals surface area contributed by atoms with Gasteiger partial charge >= 0.3 is 6.03 Å². The second-order valence-electron chi connectivity index (χ2n) is 6.08. The van der Waals surface area contributed by atoms with E-state index in [4.69, 9.17) is 11.6 Å². The number of hydrogen-bond donors (Lipinski definition) is 2. The van der Waals surface area contributed by atoms with Gasteiger partial charge in [-0.2, -0.15) is 0 Å². The molecule has 28 heavy (non-hydrogen) atoms. The summed E-state index contributed by atoms with van der Waals surface area (Å²) in [5.74, 6) is -0.122. The van der Waals surface area contributed by atoms with E-state index >= 15 is 0 Å². The van der Waals surface area contributed by atoms with Crippen LogP contribution in [0.4, 0.5) is 10.5 Å². The highest BCUT2D eigenvalue weighted by Gasteiger charge is 2.15. The topological polar surface area (TPSA) is 88.2 Å². The van der Waals surface area contributed by atoms with Crippen LogP contribution in [0.5, 0.6) is 0 Å². The number of nitrogens with one attached hydrogen (secondary N) is 2. The van der Waals surface area contributed by atoms with Gasteiger partial charge in [0.15, 0.2) is 9.84 Å². The fourth-order valence-corrected chi connectivity index (χ4v) is 3.96. The number of carbonyl (C=O) groups excluding carboxylic acids is 1. The zero-order valence-electron chi connectivity index (χ0n) is 14.8. The number of urea groups is 1. The zero-order chi connectivity index (χ0) is 20.0. The highest BCUT2D eigenvalue weighted by Crippen LogP contribution is 2.20. The average molecular weight is 416 g/mol. The Morgan fingerprint density at radius 2 is 1.68 bits per heavy atom. The van der Waals surface area contributed by atoms with Gasteiger partial charge < -0.3 is 10.6 Å². The molecule has 0 aliphatic carbocycles. The van der Waals surface area contributed by atoms with Gasteiger partial charge in [-0.3, -0.25) is 4.98 Å². The number of rotatable bonds is 6. The standard InChI is InChI=1S/C20H18ClN3O3S/c21-17-5-3-15(4-6-17)14-28(26,27)19-9-7-18(8-10-19)24-20(25)23-13-16-2-1-11-22-12-16/h1-12H,13-14H2,(H2,23,24,25). The first kappa shape index (κ1) is 19.9. The molecule has 1 aromatic heterocycles. The molecule has 2 amide bonds. The van der Waals surface area contributed by atoms with E-state index in [1.165, 1.54) is 12.1 Å². The molecule has 0 atom stereocenters. The third kappa shape index (κ3) is 5.55. The van der Waals surface area contributed by atoms with E-state index in [1.54, 1.807) is 54.9 Å². The number of aromatic nitrogens is 1. The molecular formula is C20H18ClN3O3S. The Kier molecular flexibility index (Phi) is 6.28. The number of anilines is 1. The fourth-order valence-electron chi connectivity index (χ4n) is 2.49. The molecule has 0 bridgehead atoms. The van der Waals surface area contributed by atoms with Crippen LogP contribution in [0.2, 0.25) is 5.02 Å². The van der Waals surface area contributed by atoms with Gasteiger partial charge in [0.1, 0.15) is 0 Å². The predicted octanol–water partition coefficient (Wildman–Crippen LogP) is 4.03. The Morgan fingerprint density at radius 1 is 0.964 bits per heavy atom. The van der Waals surface area contributed by atoms with Crippen molar-refractivity contribution < 1.29 is 13.2 Å². The van der Waals surface area contributed by atoms with Gasteiger partial charge in [-0.15, -0.1) is 0 Å². The number of benzene rings is 2. The third-order valence-corrected chi connectivity index (χ3v) is 5.87. The Morgan fingerprint density at radius 3 is 2.32 bits per heavy atom. The average Bonchev–Trinajstić information content (AvgIpc) is 2.69. The zero-order valence-corrected chi connectivity index (χ0v) is 16.4. The number of pyridine rings is 1. The minimum atomic E-state index is -3.50. The lowest BCUT2D eigenvalue weighted by Gasteiger charge is -2.09. The van der Waals surface area contributed by atoms with Gasteiger partial charge in [0, 0.05) is 29.6 Å². The van der Waals surface area contributed by atoms with E-state index in [2.05, 4.69) is 15.6 Å². The van der Waals surface area contributed by atoms with E-state index in [0.29, 0.717) is 22.8 Å². The molecule has 8 heteroatoms. The second-order valence-corrected chi connectivity index (χ2v) is 8.50. The molecule has 3 aromatic rings. The van der Waals surface area contributed by atoms with Gasteiger partial charge in [0.25, 0.3) is 0 Å². The van der Waals surface area contributed by atoms with Crippen LogP contribution in [0.25, 0.3) is 0 Å². The van der Waals surface area contributed by atoms with Crippen molar-refractivity contribution in [3.8, 4) is 0 Å².